The van der Waals surface area contributed by atoms with Gasteiger partial charge in [0.1, 0.15) is 0 Å². The number of pyridine rings is 1. The number of ether oxygens (including phenoxy) is 2. The van der Waals surface area contributed by atoms with E-state index in [1.54, 1.807) is 0 Å². The molecule has 1 saturated carbocycles. The Balaban J connectivity index is 1.42. The minimum atomic E-state index is -0.0430. The number of benzene rings is 1. The van der Waals surface area contributed by atoms with E-state index in [1.165, 1.54) is 31.2 Å². The van der Waals surface area contributed by atoms with Crippen LogP contribution in [0.4, 0.5) is 5.69 Å². The van der Waals surface area contributed by atoms with Gasteiger partial charge in [-0.25, -0.2) is 0 Å². The van der Waals surface area contributed by atoms with Crippen LogP contribution in [0.2, 0.25) is 0 Å². The molecule has 0 amide bonds. The lowest BCUT2D eigenvalue weighted by Gasteiger charge is -2.27. The first-order valence-electron chi connectivity index (χ1n) is 10.9. The average Bonchev–Trinajstić information content (AvgIpc) is 3.59. The molecule has 0 radical (unpaired) electrons. The van der Waals surface area contributed by atoms with Gasteiger partial charge in [0, 0.05) is 36.4 Å². The standard InChI is InChI=1S/C24H24N4O2S/c31-24-26-22(19-7-3-4-11-25-19)23(16-10-12-27(14-16)17-5-1-2-6-17)28(24)18-8-9-20-21(13-18)30-15-29-20/h3-4,7-14,17,22-23H,1-2,5-6,15H2,(H,26,31)/t22-,23+/m0/s1. The summed E-state index contributed by atoms with van der Waals surface area (Å²) in [6, 6.07) is 14.8. The number of hydrogen-bond acceptors (Lipinski definition) is 4. The fraction of sp³-hybridized carbons (Fsp3) is 0.333. The number of rotatable bonds is 4. The Kier molecular flexibility index (Phi) is 4.56. The van der Waals surface area contributed by atoms with Crippen LogP contribution in [0.1, 0.15) is 55.1 Å². The second kappa shape index (κ2) is 7.57. The fourth-order valence-corrected chi connectivity index (χ4v) is 5.39. The van der Waals surface area contributed by atoms with Crippen LogP contribution < -0.4 is 19.7 Å². The van der Waals surface area contributed by atoms with Gasteiger partial charge in [-0.15, -0.1) is 0 Å². The Labute approximate surface area is 186 Å². The van der Waals surface area contributed by atoms with Crippen LogP contribution in [0.15, 0.2) is 61.1 Å². The first-order chi connectivity index (χ1) is 15.3. The van der Waals surface area contributed by atoms with Crippen molar-refractivity contribution in [3.05, 3.63) is 72.3 Å². The highest BCUT2D eigenvalue weighted by molar-refractivity contribution is 7.80. The molecule has 7 heteroatoms. The Morgan fingerprint density at radius 2 is 1.90 bits per heavy atom. The van der Waals surface area contributed by atoms with Gasteiger partial charge in [-0.2, -0.15) is 0 Å². The van der Waals surface area contributed by atoms with E-state index in [9.17, 15) is 0 Å². The molecular weight excluding hydrogens is 408 g/mol. The molecule has 31 heavy (non-hydrogen) atoms. The fourth-order valence-electron chi connectivity index (χ4n) is 5.04. The third-order valence-corrected chi connectivity index (χ3v) is 6.87. The monoisotopic (exact) mass is 432 g/mol. The predicted octanol–water partition coefficient (Wildman–Crippen LogP) is 4.90. The molecule has 158 valence electrons. The minimum absolute atomic E-state index is 0.00887. The van der Waals surface area contributed by atoms with Crippen molar-refractivity contribution in [1.29, 1.82) is 0 Å². The second-order valence-corrected chi connectivity index (χ2v) is 8.75. The Morgan fingerprint density at radius 3 is 2.74 bits per heavy atom. The molecule has 0 unspecified atom stereocenters. The van der Waals surface area contributed by atoms with Crippen LogP contribution in [0.5, 0.6) is 11.5 Å². The van der Waals surface area contributed by atoms with Gasteiger partial charge in [0.15, 0.2) is 16.6 Å². The highest BCUT2D eigenvalue weighted by atomic mass is 32.1. The zero-order valence-corrected chi connectivity index (χ0v) is 17.9. The van der Waals surface area contributed by atoms with Gasteiger partial charge in [0.2, 0.25) is 6.79 Å². The molecule has 3 aromatic rings. The van der Waals surface area contributed by atoms with Gasteiger partial charge >= 0.3 is 0 Å². The zero-order chi connectivity index (χ0) is 20.8. The molecule has 0 spiro atoms. The molecule has 1 aliphatic carbocycles. The summed E-state index contributed by atoms with van der Waals surface area (Å²) in [6.45, 7) is 0.256. The summed E-state index contributed by atoms with van der Waals surface area (Å²) in [6.07, 6.45) is 11.5. The van der Waals surface area contributed by atoms with Gasteiger partial charge in [-0.05, 0) is 61.0 Å². The largest absolute Gasteiger partial charge is 0.454 e. The Hall–Kier alpha value is -3.06. The summed E-state index contributed by atoms with van der Waals surface area (Å²) in [5, 5.41) is 4.22. The molecule has 2 atom stereocenters. The number of hydrogen-bond donors (Lipinski definition) is 1. The molecule has 1 N–H and O–H groups in total. The maximum absolute atomic E-state index is 5.83. The quantitative estimate of drug-likeness (QED) is 0.592. The van der Waals surface area contributed by atoms with E-state index in [2.05, 4.69) is 44.3 Å². The van der Waals surface area contributed by atoms with Crippen LogP contribution in [-0.2, 0) is 0 Å². The normalized spacial score (nSPS) is 22.8. The van der Waals surface area contributed by atoms with E-state index >= 15 is 0 Å². The lowest BCUT2D eigenvalue weighted by atomic mass is 9.98. The molecule has 1 saturated heterocycles. The van der Waals surface area contributed by atoms with Crippen molar-refractivity contribution < 1.29 is 9.47 Å². The van der Waals surface area contributed by atoms with E-state index in [1.807, 2.05) is 36.5 Å². The number of thiocarbonyl (C=S) groups is 1. The lowest BCUT2D eigenvalue weighted by molar-refractivity contribution is 0.174. The summed E-state index contributed by atoms with van der Waals surface area (Å²) in [7, 11) is 0. The SMILES string of the molecule is S=C1N[C@@H](c2ccccn2)[C@@H](c2ccn(C3CCCC3)c2)N1c1ccc2c(c1)OCO2. The van der Waals surface area contributed by atoms with Crippen molar-refractivity contribution in [2.45, 2.75) is 43.8 Å². The zero-order valence-electron chi connectivity index (χ0n) is 17.1. The first-order valence-corrected chi connectivity index (χ1v) is 11.3. The topological polar surface area (TPSA) is 51.6 Å². The molecular formula is C24H24N4O2S. The molecule has 2 fully saturated rings. The summed E-state index contributed by atoms with van der Waals surface area (Å²) >= 11 is 5.83. The van der Waals surface area contributed by atoms with E-state index in [0.29, 0.717) is 11.2 Å². The van der Waals surface area contributed by atoms with Crippen LogP contribution in [0.25, 0.3) is 0 Å². The van der Waals surface area contributed by atoms with Crippen molar-refractivity contribution in [2.75, 3.05) is 11.7 Å². The molecule has 0 bridgehead atoms. The highest BCUT2D eigenvalue weighted by Gasteiger charge is 2.41. The van der Waals surface area contributed by atoms with Gasteiger partial charge in [0.05, 0.1) is 17.8 Å². The van der Waals surface area contributed by atoms with Crippen molar-refractivity contribution in [3.63, 3.8) is 0 Å². The van der Waals surface area contributed by atoms with E-state index in [-0.39, 0.29) is 18.9 Å². The summed E-state index contributed by atoms with van der Waals surface area (Å²) in [5.74, 6) is 1.52. The number of nitrogens with zero attached hydrogens (tertiary/aromatic N) is 3. The lowest BCUT2D eigenvalue weighted by Crippen LogP contribution is -2.29. The van der Waals surface area contributed by atoms with Gasteiger partial charge in [-0.3, -0.25) is 4.98 Å². The number of anilines is 1. The van der Waals surface area contributed by atoms with Crippen LogP contribution in [0.3, 0.4) is 0 Å². The van der Waals surface area contributed by atoms with E-state index in [4.69, 9.17) is 21.7 Å². The maximum atomic E-state index is 5.83. The highest BCUT2D eigenvalue weighted by Crippen LogP contribution is 2.45. The second-order valence-electron chi connectivity index (χ2n) is 8.36. The minimum Gasteiger partial charge on any atom is -0.454 e. The smallest absolute Gasteiger partial charge is 0.231 e. The third kappa shape index (κ3) is 3.24. The molecule has 2 aromatic heterocycles. The van der Waals surface area contributed by atoms with Gasteiger partial charge in [0.25, 0.3) is 0 Å². The third-order valence-electron chi connectivity index (χ3n) is 6.56. The molecule has 4 heterocycles. The predicted molar refractivity (Wildman–Crippen MR) is 122 cm³/mol. The van der Waals surface area contributed by atoms with E-state index in [0.717, 1.165) is 22.9 Å². The maximum Gasteiger partial charge on any atom is 0.231 e. The van der Waals surface area contributed by atoms with Gasteiger partial charge < -0.3 is 24.3 Å². The molecule has 2 aliphatic heterocycles. The molecule has 6 nitrogen and oxygen atoms in total. The first kappa shape index (κ1) is 18.7. The summed E-state index contributed by atoms with van der Waals surface area (Å²) in [5.41, 5.74) is 3.19. The van der Waals surface area contributed by atoms with Crippen molar-refractivity contribution in [3.8, 4) is 11.5 Å². The summed E-state index contributed by atoms with van der Waals surface area (Å²) in [4.78, 5) is 6.83. The van der Waals surface area contributed by atoms with Crippen molar-refractivity contribution >= 4 is 23.0 Å². The molecule has 6 rings (SSSR count). The van der Waals surface area contributed by atoms with E-state index < -0.39 is 0 Å². The average molecular weight is 433 g/mol. The van der Waals surface area contributed by atoms with Crippen LogP contribution >= 0.6 is 12.2 Å². The number of aromatic nitrogens is 2. The van der Waals surface area contributed by atoms with Crippen molar-refractivity contribution in [2.24, 2.45) is 0 Å². The summed E-state index contributed by atoms with van der Waals surface area (Å²) < 4.78 is 13.5. The Bertz CT molecular complexity index is 1110. The number of fused-ring (bicyclic) bond motifs is 1. The molecule has 1 aromatic carbocycles. The molecule has 3 aliphatic rings. The van der Waals surface area contributed by atoms with Crippen molar-refractivity contribution in [1.82, 2.24) is 14.9 Å². The Morgan fingerprint density at radius 1 is 1.03 bits per heavy atom. The van der Waals surface area contributed by atoms with Crippen LogP contribution in [-0.4, -0.2) is 21.5 Å². The van der Waals surface area contributed by atoms with Gasteiger partial charge in [-0.1, -0.05) is 18.9 Å². The van der Waals surface area contributed by atoms with Crippen LogP contribution in [0, 0.1) is 0 Å². The number of nitrogens with one attached hydrogen (secondary N) is 1.